The smallest absolute Gasteiger partial charge is 0.306 e. The third-order valence-corrected chi connectivity index (χ3v) is 4.53. The minimum atomic E-state index is -0.580. The number of carbonyl (C=O) groups is 1. The zero-order valence-corrected chi connectivity index (χ0v) is 10.2. The van der Waals surface area contributed by atoms with Gasteiger partial charge in [0.15, 0.2) is 0 Å². The summed E-state index contributed by atoms with van der Waals surface area (Å²) >= 11 is 0. The van der Waals surface area contributed by atoms with Crippen LogP contribution in [-0.4, -0.2) is 11.1 Å². The first-order chi connectivity index (χ1) is 7.75. The summed E-state index contributed by atoms with van der Waals surface area (Å²) in [5.74, 6) is 1.12. The second-order valence-corrected chi connectivity index (χ2v) is 5.81. The van der Waals surface area contributed by atoms with Gasteiger partial charge in [-0.1, -0.05) is 51.4 Å². The Bertz CT molecular complexity index is 225. The number of carboxylic acids is 1. The van der Waals surface area contributed by atoms with Crippen LogP contribution in [0.25, 0.3) is 0 Å². The average molecular weight is 224 g/mol. The van der Waals surface area contributed by atoms with Crippen molar-refractivity contribution < 1.29 is 9.90 Å². The van der Waals surface area contributed by atoms with Crippen molar-refractivity contribution in [3.63, 3.8) is 0 Å². The highest BCUT2D eigenvalue weighted by atomic mass is 16.4. The highest BCUT2D eigenvalue weighted by Crippen LogP contribution is 2.38. The summed E-state index contributed by atoms with van der Waals surface area (Å²) in [5.41, 5.74) is 0. The van der Waals surface area contributed by atoms with Gasteiger partial charge in [-0.05, 0) is 24.7 Å². The van der Waals surface area contributed by atoms with Crippen molar-refractivity contribution in [2.24, 2.45) is 17.8 Å². The van der Waals surface area contributed by atoms with E-state index in [2.05, 4.69) is 0 Å². The Balaban J connectivity index is 1.51. The lowest BCUT2D eigenvalue weighted by atomic mass is 9.72. The summed E-state index contributed by atoms with van der Waals surface area (Å²) in [6, 6.07) is 0. The fourth-order valence-electron chi connectivity index (χ4n) is 3.34. The molecule has 0 amide bonds. The lowest BCUT2D eigenvalue weighted by molar-refractivity contribution is -0.146. The van der Waals surface area contributed by atoms with E-state index in [9.17, 15) is 4.79 Å². The van der Waals surface area contributed by atoms with Gasteiger partial charge in [-0.15, -0.1) is 0 Å². The molecule has 2 rings (SSSR count). The molecule has 0 bridgehead atoms. The second kappa shape index (κ2) is 5.70. The summed E-state index contributed by atoms with van der Waals surface area (Å²) in [6.07, 6.45) is 13.1. The predicted molar refractivity (Wildman–Crippen MR) is 64.3 cm³/mol. The molecule has 0 aromatic heterocycles. The Morgan fingerprint density at radius 3 is 2.25 bits per heavy atom. The van der Waals surface area contributed by atoms with Gasteiger partial charge in [0.05, 0.1) is 5.92 Å². The van der Waals surface area contributed by atoms with Crippen LogP contribution in [0.1, 0.15) is 64.2 Å². The molecule has 2 aliphatic carbocycles. The molecule has 2 nitrogen and oxygen atoms in total. The third-order valence-electron chi connectivity index (χ3n) is 4.53. The van der Waals surface area contributed by atoms with E-state index in [0.29, 0.717) is 0 Å². The molecular formula is C14H24O2. The van der Waals surface area contributed by atoms with Crippen LogP contribution in [-0.2, 0) is 4.79 Å². The van der Waals surface area contributed by atoms with Gasteiger partial charge in [0, 0.05) is 0 Å². The van der Waals surface area contributed by atoms with Gasteiger partial charge in [0.25, 0.3) is 0 Å². The van der Waals surface area contributed by atoms with Crippen LogP contribution in [0.3, 0.4) is 0 Å². The molecule has 0 saturated heterocycles. The van der Waals surface area contributed by atoms with Gasteiger partial charge in [0.1, 0.15) is 0 Å². The Hall–Kier alpha value is -0.530. The van der Waals surface area contributed by atoms with E-state index < -0.39 is 5.97 Å². The van der Waals surface area contributed by atoms with Crippen molar-refractivity contribution in [1.29, 1.82) is 0 Å². The number of hydrogen-bond acceptors (Lipinski definition) is 1. The summed E-state index contributed by atoms with van der Waals surface area (Å²) in [6.45, 7) is 0. The average Bonchev–Trinajstić information content (AvgIpc) is 2.22. The van der Waals surface area contributed by atoms with Crippen LogP contribution in [0.4, 0.5) is 0 Å². The van der Waals surface area contributed by atoms with Gasteiger partial charge < -0.3 is 5.11 Å². The molecule has 92 valence electrons. The van der Waals surface area contributed by atoms with Crippen molar-refractivity contribution in [1.82, 2.24) is 0 Å². The van der Waals surface area contributed by atoms with Crippen LogP contribution < -0.4 is 0 Å². The van der Waals surface area contributed by atoms with Crippen LogP contribution in [0.5, 0.6) is 0 Å². The summed E-state index contributed by atoms with van der Waals surface area (Å²) in [4.78, 5) is 10.6. The predicted octanol–water partition coefficient (Wildman–Crippen LogP) is 3.85. The van der Waals surface area contributed by atoms with Crippen LogP contribution in [0.2, 0.25) is 0 Å². The first-order valence-corrected chi connectivity index (χ1v) is 6.98. The number of hydrogen-bond donors (Lipinski definition) is 1. The maximum atomic E-state index is 10.6. The number of aliphatic carboxylic acids is 1. The minimum Gasteiger partial charge on any atom is -0.481 e. The summed E-state index contributed by atoms with van der Waals surface area (Å²) in [5, 5.41) is 8.78. The standard InChI is InChI=1S/C14H24O2/c15-14(16)13-9-12(10-13)8-4-7-11-5-2-1-3-6-11/h11-13H,1-10H2,(H,15,16). The molecule has 0 heterocycles. The number of rotatable bonds is 5. The molecule has 16 heavy (non-hydrogen) atoms. The quantitative estimate of drug-likeness (QED) is 0.770. The van der Waals surface area contributed by atoms with E-state index in [4.69, 9.17) is 5.11 Å². The van der Waals surface area contributed by atoms with Gasteiger partial charge in [0.2, 0.25) is 0 Å². The molecule has 2 fully saturated rings. The third kappa shape index (κ3) is 3.23. The molecule has 1 N–H and O–H groups in total. The van der Waals surface area contributed by atoms with Crippen molar-refractivity contribution in [3.05, 3.63) is 0 Å². The minimum absolute atomic E-state index is 0.0142. The molecule has 0 radical (unpaired) electrons. The molecule has 0 aromatic carbocycles. The molecule has 0 atom stereocenters. The normalized spacial score (nSPS) is 31.0. The SMILES string of the molecule is O=C(O)C1CC(CCCC2CCCCC2)C1. The molecule has 2 heteroatoms. The van der Waals surface area contributed by atoms with Gasteiger partial charge in [-0.25, -0.2) is 0 Å². The van der Waals surface area contributed by atoms with Crippen LogP contribution >= 0.6 is 0 Å². The summed E-state index contributed by atoms with van der Waals surface area (Å²) < 4.78 is 0. The lowest BCUT2D eigenvalue weighted by Gasteiger charge is -2.32. The van der Waals surface area contributed by atoms with Crippen molar-refractivity contribution in [2.75, 3.05) is 0 Å². The first kappa shape index (κ1) is 11.9. The molecule has 0 spiro atoms. The Labute approximate surface area is 98.4 Å². The summed E-state index contributed by atoms with van der Waals surface area (Å²) in [7, 11) is 0. The fraction of sp³-hybridized carbons (Fsp3) is 0.929. The molecule has 0 aliphatic heterocycles. The fourth-order valence-corrected chi connectivity index (χ4v) is 3.34. The number of carboxylic acid groups (broad SMARTS) is 1. The van der Waals surface area contributed by atoms with E-state index in [1.165, 1.54) is 51.4 Å². The van der Waals surface area contributed by atoms with Crippen molar-refractivity contribution in [2.45, 2.75) is 64.2 Å². The van der Waals surface area contributed by atoms with E-state index >= 15 is 0 Å². The molecule has 0 unspecified atom stereocenters. The van der Waals surface area contributed by atoms with Crippen LogP contribution in [0.15, 0.2) is 0 Å². The zero-order chi connectivity index (χ0) is 11.4. The van der Waals surface area contributed by atoms with Crippen molar-refractivity contribution >= 4 is 5.97 Å². The highest BCUT2D eigenvalue weighted by Gasteiger charge is 2.33. The molecule has 2 aliphatic rings. The lowest BCUT2D eigenvalue weighted by Crippen LogP contribution is -2.30. The maximum absolute atomic E-state index is 10.6. The highest BCUT2D eigenvalue weighted by molar-refractivity contribution is 5.71. The van der Waals surface area contributed by atoms with E-state index in [1.807, 2.05) is 0 Å². The Morgan fingerprint density at radius 2 is 1.62 bits per heavy atom. The van der Waals surface area contributed by atoms with E-state index in [0.717, 1.165) is 24.7 Å². The Morgan fingerprint density at radius 1 is 1.00 bits per heavy atom. The Kier molecular flexibility index (Phi) is 4.25. The van der Waals surface area contributed by atoms with Gasteiger partial charge in [-0.2, -0.15) is 0 Å². The molecule has 0 aromatic rings. The van der Waals surface area contributed by atoms with E-state index in [1.54, 1.807) is 0 Å². The largest absolute Gasteiger partial charge is 0.481 e. The molecule has 2 saturated carbocycles. The van der Waals surface area contributed by atoms with Crippen LogP contribution in [0, 0.1) is 17.8 Å². The first-order valence-electron chi connectivity index (χ1n) is 6.98. The molecular weight excluding hydrogens is 200 g/mol. The van der Waals surface area contributed by atoms with Crippen molar-refractivity contribution in [3.8, 4) is 0 Å². The maximum Gasteiger partial charge on any atom is 0.306 e. The zero-order valence-electron chi connectivity index (χ0n) is 10.2. The monoisotopic (exact) mass is 224 g/mol. The van der Waals surface area contributed by atoms with E-state index in [-0.39, 0.29) is 5.92 Å². The van der Waals surface area contributed by atoms with Gasteiger partial charge >= 0.3 is 5.97 Å². The van der Waals surface area contributed by atoms with Gasteiger partial charge in [-0.3, -0.25) is 4.79 Å². The second-order valence-electron chi connectivity index (χ2n) is 5.81. The topological polar surface area (TPSA) is 37.3 Å².